The summed E-state index contributed by atoms with van der Waals surface area (Å²) in [7, 11) is 0. The van der Waals surface area contributed by atoms with Gasteiger partial charge >= 0.3 is 5.97 Å². The van der Waals surface area contributed by atoms with Crippen LogP contribution in [0.1, 0.15) is 16.1 Å². The molecule has 116 valence electrons. The van der Waals surface area contributed by atoms with Gasteiger partial charge < -0.3 is 14.5 Å². The highest BCUT2D eigenvalue weighted by Crippen LogP contribution is 2.19. The van der Waals surface area contributed by atoms with Crippen LogP contribution in [0.3, 0.4) is 0 Å². The maximum absolute atomic E-state index is 13.5. The van der Waals surface area contributed by atoms with Crippen LogP contribution in [0.2, 0.25) is 5.02 Å². The van der Waals surface area contributed by atoms with Crippen LogP contribution in [0.15, 0.2) is 39.4 Å². The predicted molar refractivity (Wildman–Crippen MR) is 79.9 cm³/mol. The zero-order valence-corrected chi connectivity index (χ0v) is 13.4. The normalized spacial score (nSPS) is 10.3. The fourth-order valence-electron chi connectivity index (χ4n) is 1.55. The molecule has 5 nitrogen and oxygen atoms in total. The minimum Gasteiger partial charge on any atom is -0.459 e. The number of halogens is 3. The molecule has 2 rings (SSSR count). The van der Waals surface area contributed by atoms with Crippen LogP contribution in [0, 0.1) is 5.82 Å². The third-order valence-corrected chi connectivity index (χ3v) is 3.41. The molecule has 0 bridgehead atoms. The molecule has 0 fully saturated rings. The molecular formula is C14H10BrClFNO4. The predicted octanol–water partition coefficient (Wildman–Crippen LogP) is 3.31. The van der Waals surface area contributed by atoms with Gasteiger partial charge in [0.05, 0.1) is 5.02 Å². The molecular weight excluding hydrogens is 381 g/mol. The first-order valence-electron chi connectivity index (χ1n) is 6.09. The van der Waals surface area contributed by atoms with E-state index in [-0.39, 0.29) is 29.5 Å². The first-order valence-corrected chi connectivity index (χ1v) is 7.26. The maximum atomic E-state index is 13.5. The smallest absolute Gasteiger partial charge is 0.325 e. The van der Waals surface area contributed by atoms with Gasteiger partial charge in [-0.05, 0) is 40.2 Å². The third-order valence-electron chi connectivity index (χ3n) is 2.63. The Morgan fingerprint density at radius 3 is 2.73 bits per heavy atom. The van der Waals surface area contributed by atoms with Crippen molar-refractivity contribution < 1.29 is 23.1 Å². The van der Waals surface area contributed by atoms with Crippen molar-refractivity contribution in [2.75, 3.05) is 6.54 Å². The molecule has 0 aliphatic rings. The van der Waals surface area contributed by atoms with Crippen LogP contribution in [0.5, 0.6) is 0 Å². The summed E-state index contributed by atoms with van der Waals surface area (Å²) in [5.41, 5.74) is 0.0822. The van der Waals surface area contributed by atoms with Crippen LogP contribution in [-0.2, 0) is 16.1 Å². The summed E-state index contributed by atoms with van der Waals surface area (Å²) < 4.78 is 23.8. The van der Waals surface area contributed by atoms with Crippen LogP contribution < -0.4 is 5.32 Å². The molecule has 0 saturated heterocycles. The SMILES string of the molecule is O=C(CNC(=O)c1ccc(Br)o1)OCc1c(F)cccc1Cl. The van der Waals surface area contributed by atoms with E-state index in [4.69, 9.17) is 20.8 Å². The van der Waals surface area contributed by atoms with Gasteiger partial charge in [0.25, 0.3) is 5.91 Å². The molecule has 0 atom stereocenters. The average Bonchev–Trinajstić information content (AvgIpc) is 2.91. The van der Waals surface area contributed by atoms with E-state index < -0.39 is 17.7 Å². The van der Waals surface area contributed by atoms with Gasteiger partial charge in [-0.15, -0.1) is 0 Å². The van der Waals surface area contributed by atoms with Gasteiger partial charge in [-0.1, -0.05) is 17.7 Å². The number of amides is 1. The van der Waals surface area contributed by atoms with Gasteiger partial charge in [0.2, 0.25) is 0 Å². The van der Waals surface area contributed by atoms with Crippen LogP contribution in [-0.4, -0.2) is 18.4 Å². The Labute approximate surface area is 138 Å². The van der Waals surface area contributed by atoms with Gasteiger partial charge in [-0.2, -0.15) is 0 Å². The van der Waals surface area contributed by atoms with Crippen molar-refractivity contribution in [1.29, 1.82) is 0 Å². The van der Waals surface area contributed by atoms with Crippen molar-refractivity contribution in [2.24, 2.45) is 0 Å². The fraction of sp³-hybridized carbons (Fsp3) is 0.143. The van der Waals surface area contributed by atoms with E-state index in [9.17, 15) is 14.0 Å². The van der Waals surface area contributed by atoms with E-state index in [1.807, 2.05) is 0 Å². The highest BCUT2D eigenvalue weighted by atomic mass is 79.9. The number of carbonyl (C=O) groups is 2. The van der Waals surface area contributed by atoms with E-state index in [1.165, 1.54) is 24.3 Å². The lowest BCUT2D eigenvalue weighted by atomic mass is 10.2. The summed E-state index contributed by atoms with van der Waals surface area (Å²) in [5, 5.41) is 2.49. The summed E-state index contributed by atoms with van der Waals surface area (Å²) in [6.07, 6.45) is 0. The summed E-state index contributed by atoms with van der Waals surface area (Å²) in [6.45, 7) is -0.685. The van der Waals surface area contributed by atoms with E-state index in [1.54, 1.807) is 6.07 Å². The van der Waals surface area contributed by atoms with Crippen molar-refractivity contribution in [3.8, 4) is 0 Å². The molecule has 8 heteroatoms. The number of hydrogen-bond donors (Lipinski definition) is 1. The topological polar surface area (TPSA) is 68.5 Å². The second-order valence-corrected chi connectivity index (χ2v) is 5.34. The molecule has 1 heterocycles. The van der Waals surface area contributed by atoms with Crippen LogP contribution in [0.4, 0.5) is 4.39 Å². The van der Waals surface area contributed by atoms with Gasteiger partial charge in [0.15, 0.2) is 10.4 Å². The Balaban J connectivity index is 1.82. The quantitative estimate of drug-likeness (QED) is 0.795. The summed E-state index contributed by atoms with van der Waals surface area (Å²) in [5.74, 6) is -1.80. The lowest BCUT2D eigenvalue weighted by Crippen LogP contribution is -2.30. The molecule has 1 N–H and O–H groups in total. The molecule has 0 saturated carbocycles. The second-order valence-electron chi connectivity index (χ2n) is 4.15. The summed E-state index contributed by atoms with van der Waals surface area (Å²) >= 11 is 8.86. The molecule has 1 aromatic heterocycles. The van der Waals surface area contributed by atoms with E-state index in [2.05, 4.69) is 21.2 Å². The van der Waals surface area contributed by atoms with E-state index >= 15 is 0 Å². The molecule has 0 aliphatic carbocycles. The first-order chi connectivity index (χ1) is 10.5. The van der Waals surface area contributed by atoms with E-state index in [0.29, 0.717) is 4.67 Å². The van der Waals surface area contributed by atoms with E-state index in [0.717, 1.165) is 0 Å². The van der Waals surface area contributed by atoms with Crippen LogP contribution in [0.25, 0.3) is 0 Å². The molecule has 1 amide bonds. The van der Waals surface area contributed by atoms with Crippen molar-refractivity contribution >= 4 is 39.4 Å². The Kier molecular flexibility index (Phi) is 5.57. The number of hydrogen-bond acceptors (Lipinski definition) is 4. The molecule has 0 aliphatic heterocycles. The highest BCUT2D eigenvalue weighted by Gasteiger charge is 2.14. The van der Waals surface area contributed by atoms with Gasteiger partial charge in [0, 0.05) is 5.56 Å². The minimum absolute atomic E-state index is 0.0526. The molecule has 1 aromatic carbocycles. The van der Waals surface area contributed by atoms with Crippen LogP contribution >= 0.6 is 27.5 Å². The number of esters is 1. The Bertz CT molecular complexity index is 684. The lowest BCUT2D eigenvalue weighted by Gasteiger charge is -2.08. The number of carbonyl (C=O) groups excluding carboxylic acids is 2. The largest absolute Gasteiger partial charge is 0.459 e. The number of benzene rings is 1. The summed E-state index contributed by atoms with van der Waals surface area (Å²) in [6, 6.07) is 7.15. The van der Waals surface area contributed by atoms with Crippen molar-refractivity contribution in [3.63, 3.8) is 0 Å². The standard InChI is InChI=1S/C14H10BrClFNO4/c15-12-5-4-11(22-12)14(20)18-6-13(19)21-7-8-9(16)2-1-3-10(8)17/h1-5H,6-7H2,(H,18,20). The van der Waals surface area contributed by atoms with Crippen molar-refractivity contribution in [1.82, 2.24) is 5.32 Å². The molecule has 22 heavy (non-hydrogen) atoms. The molecule has 0 unspecified atom stereocenters. The first kappa shape index (κ1) is 16.5. The molecule has 2 aromatic rings. The average molecular weight is 391 g/mol. The molecule has 0 spiro atoms. The van der Waals surface area contributed by atoms with Gasteiger partial charge in [-0.3, -0.25) is 9.59 Å². The van der Waals surface area contributed by atoms with Gasteiger partial charge in [0.1, 0.15) is 19.0 Å². The highest BCUT2D eigenvalue weighted by molar-refractivity contribution is 9.10. The number of ether oxygens (including phenoxy) is 1. The Morgan fingerprint density at radius 2 is 2.09 bits per heavy atom. The zero-order valence-electron chi connectivity index (χ0n) is 11.1. The van der Waals surface area contributed by atoms with Crippen molar-refractivity contribution in [3.05, 3.63) is 57.2 Å². The van der Waals surface area contributed by atoms with Crippen molar-refractivity contribution in [2.45, 2.75) is 6.61 Å². The third kappa shape index (κ3) is 4.32. The maximum Gasteiger partial charge on any atom is 0.325 e. The second kappa shape index (κ2) is 7.42. The number of furan rings is 1. The van der Waals surface area contributed by atoms with Gasteiger partial charge in [-0.25, -0.2) is 4.39 Å². The zero-order chi connectivity index (χ0) is 16.1. The summed E-state index contributed by atoms with van der Waals surface area (Å²) in [4.78, 5) is 23.2. The molecule has 0 radical (unpaired) electrons. The lowest BCUT2D eigenvalue weighted by molar-refractivity contribution is -0.143. The minimum atomic E-state index is -0.724. The Hall–Kier alpha value is -1.86. The number of rotatable bonds is 5. The Morgan fingerprint density at radius 1 is 1.32 bits per heavy atom. The monoisotopic (exact) mass is 389 g/mol. The fourth-order valence-corrected chi connectivity index (χ4v) is 2.07. The number of nitrogens with one attached hydrogen (secondary N) is 1.